The van der Waals surface area contributed by atoms with Gasteiger partial charge in [-0.1, -0.05) is 6.07 Å². The van der Waals surface area contributed by atoms with E-state index < -0.39 is 0 Å². The number of fused-ring (bicyclic) bond motifs is 3. The second-order valence-electron chi connectivity index (χ2n) is 6.46. The molecule has 6 heteroatoms. The van der Waals surface area contributed by atoms with Gasteiger partial charge in [-0.3, -0.25) is 14.8 Å². The first-order valence-electron chi connectivity index (χ1n) is 8.49. The summed E-state index contributed by atoms with van der Waals surface area (Å²) in [5.41, 5.74) is 3.18. The first-order chi connectivity index (χ1) is 12.2. The molecule has 4 rings (SSSR count). The Morgan fingerprint density at radius 2 is 2.28 bits per heavy atom. The van der Waals surface area contributed by atoms with Crippen molar-refractivity contribution in [3.05, 3.63) is 53.9 Å². The summed E-state index contributed by atoms with van der Waals surface area (Å²) in [7, 11) is 1.66. The lowest BCUT2D eigenvalue weighted by atomic mass is 10.0. The molecular formula is C19H21N3O3. The molecule has 1 aromatic heterocycles. The molecule has 1 saturated heterocycles. The molecule has 1 fully saturated rings. The third-order valence-corrected chi connectivity index (χ3v) is 4.81. The number of methoxy groups -OCH3 is 1. The molecule has 3 heterocycles. The molecule has 2 aliphatic heterocycles. The molecule has 1 aromatic carbocycles. The first kappa shape index (κ1) is 15.9. The van der Waals surface area contributed by atoms with Gasteiger partial charge in [0.2, 0.25) is 0 Å². The van der Waals surface area contributed by atoms with Crippen molar-refractivity contribution < 1.29 is 14.3 Å². The van der Waals surface area contributed by atoms with Crippen LogP contribution in [0.4, 0.5) is 10.5 Å². The summed E-state index contributed by atoms with van der Waals surface area (Å²) in [5.74, 6) is 0.796. The van der Waals surface area contributed by atoms with Crippen LogP contribution in [-0.4, -0.2) is 42.3 Å². The highest BCUT2D eigenvalue weighted by atomic mass is 16.6. The molecule has 0 aliphatic carbocycles. The Balaban J connectivity index is 1.67. The maximum Gasteiger partial charge on any atom is 0.414 e. The molecule has 0 N–H and O–H groups in total. The largest absolute Gasteiger partial charge is 0.497 e. The Morgan fingerprint density at radius 1 is 1.36 bits per heavy atom. The Hall–Kier alpha value is -2.60. The summed E-state index contributed by atoms with van der Waals surface area (Å²) in [6.45, 7) is 2.92. The number of rotatable bonds is 3. The monoisotopic (exact) mass is 339 g/mol. The quantitative estimate of drug-likeness (QED) is 0.861. The van der Waals surface area contributed by atoms with Crippen molar-refractivity contribution in [3.63, 3.8) is 0 Å². The number of anilines is 1. The van der Waals surface area contributed by atoms with Crippen LogP contribution in [0.25, 0.3) is 0 Å². The van der Waals surface area contributed by atoms with Crippen molar-refractivity contribution in [2.75, 3.05) is 25.2 Å². The molecule has 130 valence electrons. The lowest BCUT2D eigenvalue weighted by molar-refractivity contribution is 0.177. The highest BCUT2D eigenvalue weighted by Gasteiger charge is 2.37. The van der Waals surface area contributed by atoms with E-state index in [0.29, 0.717) is 6.61 Å². The molecule has 0 radical (unpaired) electrons. The van der Waals surface area contributed by atoms with Gasteiger partial charge in [0.1, 0.15) is 12.4 Å². The van der Waals surface area contributed by atoms with Crippen LogP contribution in [-0.2, 0) is 17.8 Å². The second-order valence-corrected chi connectivity index (χ2v) is 6.46. The van der Waals surface area contributed by atoms with Gasteiger partial charge in [0, 0.05) is 32.0 Å². The zero-order chi connectivity index (χ0) is 17.2. The third-order valence-electron chi connectivity index (χ3n) is 4.81. The average molecular weight is 339 g/mol. The van der Waals surface area contributed by atoms with Crippen molar-refractivity contribution in [2.24, 2.45) is 0 Å². The maximum absolute atomic E-state index is 12.2. The van der Waals surface area contributed by atoms with Gasteiger partial charge in [-0.25, -0.2) is 4.79 Å². The van der Waals surface area contributed by atoms with Crippen LogP contribution in [0.3, 0.4) is 0 Å². The standard InChI is InChI=1S/C19H21N3O3/c1-24-17-4-5-18-15(9-17)12-21(11-14-3-2-7-20-10-14)8-6-16-13-25-19(23)22(16)18/h2-5,7,9-10,16H,6,8,11-13H2,1H3. The maximum atomic E-state index is 12.2. The SMILES string of the molecule is COc1ccc2c(c1)CN(Cc1cccnc1)CCC1COC(=O)N21. The molecule has 0 bridgehead atoms. The minimum atomic E-state index is -0.253. The summed E-state index contributed by atoms with van der Waals surface area (Å²) < 4.78 is 10.7. The normalized spacial score (nSPS) is 20.3. The third kappa shape index (κ3) is 3.17. The fourth-order valence-electron chi connectivity index (χ4n) is 3.55. The van der Waals surface area contributed by atoms with Gasteiger partial charge in [0.25, 0.3) is 0 Å². The van der Waals surface area contributed by atoms with Crippen molar-refractivity contribution >= 4 is 11.8 Å². The Labute approximate surface area is 147 Å². The Bertz CT molecular complexity index is 766. The number of benzene rings is 1. The molecule has 0 spiro atoms. The number of hydrogen-bond acceptors (Lipinski definition) is 5. The smallest absolute Gasteiger partial charge is 0.414 e. The van der Waals surface area contributed by atoms with E-state index in [9.17, 15) is 4.79 Å². The van der Waals surface area contributed by atoms with E-state index >= 15 is 0 Å². The van der Waals surface area contributed by atoms with Crippen molar-refractivity contribution in [2.45, 2.75) is 25.6 Å². The molecule has 2 aliphatic rings. The molecule has 2 aromatic rings. The van der Waals surface area contributed by atoms with Crippen molar-refractivity contribution in [3.8, 4) is 5.75 Å². The number of pyridine rings is 1. The van der Waals surface area contributed by atoms with Gasteiger partial charge in [0.05, 0.1) is 18.8 Å². The Morgan fingerprint density at radius 3 is 3.08 bits per heavy atom. The minimum absolute atomic E-state index is 0.0799. The van der Waals surface area contributed by atoms with E-state index in [1.807, 2.05) is 30.5 Å². The van der Waals surface area contributed by atoms with Crippen LogP contribution in [0.15, 0.2) is 42.7 Å². The molecule has 1 unspecified atom stereocenters. The van der Waals surface area contributed by atoms with Crippen LogP contribution in [0, 0.1) is 0 Å². The van der Waals surface area contributed by atoms with Crippen LogP contribution >= 0.6 is 0 Å². The number of cyclic esters (lactones) is 1. The number of nitrogens with zero attached hydrogens (tertiary/aromatic N) is 3. The predicted molar refractivity (Wildman–Crippen MR) is 93.6 cm³/mol. The lowest BCUT2D eigenvalue weighted by Gasteiger charge is -2.32. The number of carbonyl (C=O) groups is 1. The van der Waals surface area contributed by atoms with E-state index in [-0.39, 0.29) is 12.1 Å². The van der Waals surface area contributed by atoms with Gasteiger partial charge in [-0.05, 0) is 41.8 Å². The summed E-state index contributed by atoms with van der Waals surface area (Å²) in [6.07, 6.45) is 4.32. The summed E-state index contributed by atoms with van der Waals surface area (Å²) in [6, 6.07) is 10.0. The van der Waals surface area contributed by atoms with Crippen molar-refractivity contribution in [1.29, 1.82) is 0 Å². The topological polar surface area (TPSA) is 54.9 Å². The van der Waals surface area contributed by atoms with Crippen molar-refractivity contribution in [1.82, 2.24) is 9.88 Å². The van der Waals surface area contributed by atoms with E-state index in [0.717, 1.165) is 43.1 Å². The highest BCUT2D eigenvalue weighted by molar-refractivity contribution is 5.91. The van der Waals surface area contributed by atoms with Crippen LogP contribution in [0.5, 0.6) is 5.75 Å². The lowest BCUT2D eigenvalue weighted by Crippen LogP contribution is -2.40. The number of hydrogen-bond donors (Lipinski definition) is 0. The summed E-state index contributed by atoms with van der Waals surface area (Å²) >= 11 is 0. The van der Waals surface area contributed by atoms with Crippen LogP contribution < -0.4 is 9.64 Å². The van der Waals surface area contributed by atoms with E-state index in [2.05, 4.69) is 16.0 Å². The van der Waals surface area contributed by atoms with Gasteiger partial charge in [-0.15, -0.1) is 0 Å². The minimum Gasteiger partial charge on any atom is -0.497 e. The van der Waals surface area contributed by atoms with Crippen LogP contribution in [0.1, 0.15) is 17.5 Å². The molecule has 1 atom stereocenters. The number of aromatic nitrogens is 1. The molecular weight excluding hydrogens is 318 g/mol. The number of ether oxygens (including phenoxy) is 2. The zero-order valence-corrected chi connectivity index (χ0v) is 14.2. The van der Waals surface area contributed by atoms with E-state index in [1.165, 1.54) is 5.56 Å². The van der Waals surface area contributed by atoms with Gasteiger partial charge in [0.15, 0.2) is 0 Å². The zero-order valence-electron chi connectivity index (χ0n) is 14.2. The fraction of sp³-hybridized carbons (Fsp3) is 0.368. The van der Waals surface area contributed by atoms with Crippen LogP contribution in [0.2, 0.25) is 0 Å². The molecule has 6 nitrogen and oxygen atoms in total. The average Bonchev–Trinajstić information content (AvgIpc) is 2.99. The first-order valence-corrected chi connectivity index (χ1v) is 8.49. The Kier molecular flexibility index (Phi) is 4.28. The number of carbonyl (C=O) groups excluding carboxylic acids is 1. The van der Waals surface area contributed by atoms with Gasteiger partial charge in [-0.2, -0.15) is 0 Å². The van der Waals surface area contributed by atoms with Gasteiger partial charge >= 0.3 is 6.09 Å². The summed E-state index contributed by atoms with van der Waals surface area (Å²) in [4.78, 5) is 20.6. The molecule has 1 amide bonds. The van der Waals surface area contributed by atoms with Gasteiger partial charge < -0.3 is 9.47 Å². The fourth-order valence-corrected chi connectivity index (χ4v) is 3.55. The highest BCUT2D eigenvalue weighted by Crippen LogP contribution is 2.34. The van der Waals surface area contributed by atoms with E-state index in [4.69, 9.17) is 9.47 Å². The number of amides is 1. The van der Waals surface area contributed by atoms with E-state index in [1.54, 1.807) is 18.2 Å². The predicted octanol–water partition coefficient (Wildman–Crippen LogP) is 2.82. The summed E-state index contributed by atoms with van der Waals surface area (Å²) in [5, 5.41) is 0. The second kappa shape index (κ2) is 6.72. The molecule has 0 saturated carbocycles. The molecule has 25 heavy (non-hydrogen) atoms.